The van der Waals surface area contributed by atoms with Crippen LogP contribution in [0.3, 0.4) is 0 Å². The summed E-state index contributed by atoms with van der Waals surface area (Å²) in [5.41, 5.74) is 2.25. The number of anilines is 1. The molecule has 1 atom stereocenters. The average Bonchev–Trinajstić information content (AvgIpc) is 2.38. The minimum absolute atomic E-state index is 0.277. The van der Waals surface area contributed by atoms with Crippen molar-refractivity contribution in [1.82, 2.24) is 4.98 Å². The number of carboxylic acids is 1. The lowest BCUT2D eigenvalue weighted by Gasteiger charge is -2.16. The van der Waals surface area contributed by atoms with Gasteiger partial charge in [-0.2, -0.15) is 0 Å². The topological polar surface area (TPSA) is 62.2 Å². The lowest BCUT2D eigenvalue weighted by atomic mass is 9.94. The number of nitrogens with one attached hydrogen (secondary N) is 1. The number of carboxylic acid groups (broad SMARTS) is 1. The third-order valence-corrected chi connectivity index (χ3v) is 3.35. The van der Waals surface area contributed by atoms with Gasteiger partial charge in [-0.15, -0.1) is 0 Å². The number of nitrogens with zero attached hydrogens (tertiary/aromatic N) is 1. The molecule has 2 N–H and O–H groups in total. The molecule has 1 aromatic rings. The van der Waals surface area contributed by atoms with Crippen LogP contribution in [0.1, 0.15) is 44.6 Å². The standard InChI is InChI=1S/C15H24N2O2/c1-3-4-13(5-6-15(18)19)7-10-17-14-8-9-16-11-12(14)2/h8-9,11,13H,3-7,10H2,1-2H3,(H,16,17)(H,18,19). The Hall–Kier alpha value is -1.58. The van der Waals surface area contributed by atoms with Crippen LogP contribution in [0.5, 0.6) is 0 Å². The van der Waals surface area contributed by atoms with E-state index < -0.39 is 5.97 Å². The quantitative estimate of drug-likeness (QED) is 0.717. The lowest BCUT2D eigenvalue weighted by Crippen LogP contribution is -2.11. The molecule has 4 nitrogen and oxygen atoms in total. The third kappa shape index (κ3) is 6.22. The zero-order chi connectivity index (χ0) is 14.1. The van der Waals surface area contributed by atoms with Gasteiger partial charge in [-0.25, -0.2) is 0 Å². The van der Waals surface area contributed by atoms with E-state index in [-0.39, 0.29) is 6.42 Å². The van der Waals surface area contributed by atoms with Crippen LogP contribution in [0.25, 0.3) is 0 Å². The van der Waals surface area contributed by atoms with Crippen molar-refractivity contribution in [2.24, 2.45) is 5.92 Å². The molecule has 1 aromatic heterocycles. The van der Waals surface area contributed by atoms with Gasteiger partial charge in [-0.1, -0.05) is 19.8 Å². The summed E-state index contributed by atoms with van der Waals surface area (Å²) >= 11 is 0. The molecule has 0 aliphatic heterocycles. The number of hydrogen-bond acceptors (Lipinski definition) is 3. The van der Waals surface area contributed by atoms with Crippen molar-refractivity contribution in [2.75, 3.05) is 11.9 Å². The molecule has 1 heterocycles. The summed E-state index contributed by atoms with van der Waals surface area (Å²) in [6.07, 6.45) is 7.91. The first kappa shape index (κ1) is 15.5. The highest BCUT2D eigenvalue weighted by Gasteiger charge is 2.10. The number of aryl methyl sites for hydroxylation is 1. The van der Waals surface area contributed by atoms with Crippen LogP contribution in [0.4, 0.5) is 5.69 Å². The zero-order valence-corrected chi connectivity index (χ0v) is 11.9. The Bertz CT molecular complexity index is 393. The number of carbonyl (C=O) groups is 1. The molecule has 0 saturated heterocycles. The molecule has 0 amide bonds. The predicted octanol–water partition coefficient (Wildman–Crippen LogP) is 3.47. The smallest absolute Gasteiger partial charge is 0.303 e. The predicted molar refractivity (Wildman–Crippen MR) is 77.3 cm³/mol. The average molecular weight is 264 g/mol. The maximum Gasteiger partial charge on any atom is 0.303 e. The first-order valence-corrected chi connectivity index (χ1v) is 6.99. The van der Waals surface area contributed by atoms with Crippen molar-refractivity contribution in [2.45, 2.75) is 46.0 Å². The largest absolute Gasteiger partial charge is 0.481 e. The summed E-state index contributed by atoms with van der Waals surface area (Å²) in [6.45, 7) is 5.06. The number of aromatic nitrogens is 1. The second kappa shape index (κ2) is 8.51. The molecule has 0 spiro atoms. The van der Waals surface area contributed by atoms with Gasteiger partial charge in [0.25, 0.3) is 0 Å². The second-order valence-corrected chi connectivity index (χ2v) is 4.99. The fourth-order valence-corrected chi connectivity index (χ4v) is 2.25. The minimum atomic E-state index is -0.695. The Morgan fingerprint density at radius 1 is 1.42 bits per heavy atom. The van der Waals surface area contributed by atoms with E-state index >= 15 is 0 Å². The van der Waals surface area contributed by atoms with E-state index in [9.17, 15) is 4.79 Å². The molecular weight excluding hydrogens is 240 g/mol. The molecule has 0 saturated carbocycles. The summed E-state index contributed by atoms with van der Waals surface area (Å²) in [5.74, 6) is -0.199. The number of rotatable bonds is 9. The van der Waals surface area contributed by atoms with Gasteiger partial charge in [-0.3, -0.25) is 9.78 Å². The summed E-state index contributed by atoms with van der Waals surface area (Å²) in [5, 5.41) is 12.1. The highest BCUT2D eigenvalue weighted by Crippen LogP contribution is 2.19. The van der Waals surface area contributed by atoms with E-state index in [4.69, 9.17) is 5.11 Å². The molecule has 0 radical (unpaired) electrons. The molecule has 0 aliphatic rings. The van der Waals surface area contributed by atoms with E-state index in [0.29, 0.717) is 5.92 Å². The van der Waals surface area contributed by atoms with Crippen molar-refractivity contribution in [3.63, 3.8) is 0 Å². The van der Waals surface area contributed by atoms with Gasteiger partial charge in [0.1, 0.15) is 0 Å². The van der Waals surface area contributed by atoms with Crippen LogP contribution in [-0.4, -0.2) is 22.6 Å². The summed E-state index contributed by atoms with van der Waals surface area (Å²) in [6, 6.07) is 1.97. The first-order valence-electron chi connectivity index (χ1n) is 6.99. The maximum atomic E-state index is 10.6. The van der Waals surface area contributed by atoms with Crippen molar-refractivity contribution in [3.8, 4) is 0 Å². The molecule has 1 rings (SSSR count). The molecule has 1 unspecified atom stereocenters. The summed E-state index contributed by atoms with van der Waals surface area (Å²) in [7, 11) is 0. The molecule has 0 aliphatic carbocycles. The summed E-state index contributed by atoms with van der Waals surface area (Å²) < 4.78 is 0. The molecule has 0 fully saturated rings. The fraction of sp³-hybridized carbons (Fsp3) is 0.600. The van der Waals surface area contributed by atoms with Crippen LogP contribution < -0.4 is 5.32 Å². The number of aliphatic carboxylic acids is 1. The second-order valence-electron chi connectivity index (χ2n) is 4.99. The van der Waals surface area contributed by atoms with Crippen LogP contribution in [-0.2, 0) is 4.79 Å². The van der Waals surface area contributed by atoms with Gasteiger partial charge < -0.3 is 10.4 Å². The Labute approximate surface area is 115 Å². The van der Waals surface area contributed by atoms with Crippen LogP contribution in [0, 0.1) is 12.8 Å². The Morgan fingerprint density at radius 3 is 2.84 bits per heavy atom. The normalized spacial score (nSPS) is 12.1. The van der Waals surface area contributed by atoms with E-state index in [1.807, 2.05) is 19.2 Å². The van der Waals surface area contributed by atoms with Crippen molar-refractivity contribution in [1.29, 1.82) is 0 Å². The van der Waals surface area contributed by atoms with E-state index in [1.165, 1.54) is 0 Å². The van der Waals surface area contributed by atoms with E-state index in [1.54, 1.807) is 6.20 Å². The Balaban J connectivity index is 2.35. The van der Waals surface area contributed by atoms with Gasteiger partial charge in [0.15, 0.2) is 0 Å². The first-order chi connectivity index (χ1) is 9.13. The molecule has 4 heteroatoms. The van der Waals surface area contributed by atoms with Crippen molar-refractivity contribution < 1.29 is 9.90 Å². The van der Waals surface area contributed by atoms with Gasteiger partial charge in [0.05, 0.1) is 0 Å². The zero-order valence-electron chi connectivity index (χ0n) is 11.9. The SMILES string of the molecule is CCCC(CCNc1ccncc1C)CCC(=O)O. The molecule has 19 heavy (non-hydrogen) atoms. The Kier molecular flexibility index (Phi) is 6.93. The van der Waals surface area contributed by atoms with E-state index in [2.05, 4.69) is 17.2 Å². The third-order valence-electron chi connectivity index (χ3n) is 3.35. The van der Waals surface area contributed by atoms with Crippen LogP contribution in [0.2, 0.25) is 0 Å². The van der Waals surface area contributed by atoms with Crippen LogP contribution >= 0.6 is 0 Å². The van der Waals surface area contributed by atoms with Gasteiger partial charge >= 0.3 is 5.97 Å². The van der Waals surface area contributed by atoms with Gasteiger partial charge in [-0.05, 0) is 37.3 Å². The van der Waals surface area contributed by atoms with Crippen molar-refractivity contribution in [3.05, 3.63) is 24.0 Å². The Morgan fingerprint density at radius 2 is 2.21 bits per heavy atom. The van der Waals surface area contributed by atoms with Gasteiger partial charge in [0, 0.05) is 31.0 Å². The summed E-state index contributed by atoms with van der Waals surface area (Å²) in [4.78, 5) is 14.7. The lowest BCUT2D eigenvalue weighted by molar-refractivity contribution is -0.137. The number of hydrogen-bond donors (Lipinski definition) is 2. The monoisotopic (exact) mass is 264 g/mol. The molecular formula is C15H24N2O2. The maximum absolute atomic E-state index is 10.6. The minimum Gasteiger partial charge on any atom is -0.481 e. The van der Waals surface area contributed by atoms with E-state index in [0.717, 1.165) is 43.5 Å². The fourth-order valence-electron chi connectivity index (χ4n) is 2.25. The number of pyridine rings is 1. The highest BCUT2D eigenvalue weighted by atomic mass is 16.4. The molecule has 0 aromatic carbocycles. The van der Waals surface area contributed by atoms with Crippen molar-refractivity contribution >= 4 is 11.7 Å². The highest BCUT2D eigenvalue weighted by molar-refractivity contribution is 5.66. The molecule has 0 bridgehead atoms. The van der Waals surface area contributed by atoms with Crippen LogP contribution in [0.15, 0.2) is 18.5 Å². The molecule has 106 valence electrons. The van der Waals surface area contributed by atoms with Gasteiger partial charge in [0.2, 0.25) is 0 Å².